The Morgan fingerprint density at radius 1 is 1.54 bits per heavy atom. The van der Waals surface area contributed by atoms with Crippen LogP contribution in [0.2, 0.25) is 0 Å². The first-order chi connectivity index (χ1) is 6.31. The first-order valence-corrected chi connectivity index (χ1v) is 4.98. The van der Waals surface area contributed by atoms with Crippen molar-refractivity contribution in [3.05, 3.63) is 27.7 Å². The fourth-order valence-corrected chi connectivity index (χ4v) is 2.14. The smallest absolute Gasteiger partial charge is 0.126 e. The Bertz CT molecular complexity index is 347. The van der Waals surface area contributed by atoms with Crippen molar-refractivity contribution in [1.82, 2.24) is 0 Å². The van der Waals surface area contributed by atoms with Gasteiger partial charge in [-0.3, -0.25) is 0 Å². The zero-order chi connectivity index (χ0) is 9.26. The van der Waals surface area contributed by atoms with Crippen molar-refractivity contribution in [2.24, 2.45) is 0 Å². The van der Waals surface area contributed by atoms with E-state index in [9.17, 15) is 4.79 Å². The van der Waals surface area contributed by atoms with Gasteiger partial charge in [0, 0.05) is 22.9 Å². The SMILES string of the molecule is O=CCc1cc(Br)cc2c1OCC2. The predicted molar refractivity (Wildman–Crippen MR) is 53.1 cm³/mol. The Morgan fingerprint density at radius 3 is 3.15 bits per heavy atom. The van der Waals surface area contributed by atoms with Gasteiger partial charge in [0.1, 0.15) is 12.0 Å². The highest BCUT2D eigenvalue weighted by Gasteiger charge is 2.16. The van der Waals surface area contributed by atoms with E-state index >= 15 is 0 Å². The maximum atomic E-state index is 10.4. The molecule has 0 fully saturated rings. The van der Waals surface area contributed by atoms with Crippen molar-refractivity contribution in [3.63, 3.8) is 0 Å². The summed E-state index contributed by atoms with van der Waals surface area (Å²) in [5.74, 6) is 0.912. The van der Waals surface area contributed by atoms with Gasteiger partial charge in [-0.2, -0.15) is 0 Å². The first kappa shape index (κ1) is 8.75. The second kappa shape index (κ2) is 3.50. The van der Waals surface area contributed by atoms with Crippen LogP contribution in [0.4, 0.5) is 0 Å². The lowest BCUT2D eigenvalue weighted by Crippen LogP contribution is -1.92. The number of carbonyl (C=O) groups is 1. The quantitative estimate of drug-likeness (QED) is 0.741. The van der Waals surface area contributed by atoms with Gasteiger partial charge in [-0.05, 0) is 17.7 Å². The number of hydrogen-bond donors (Lipinski definition) is 0. The largest absolute Gasteiger partial charge is 0.493 e. The van der Waals surface area contributed by atoms with Gasteiger partial charge in [-0.1, -0.05) is 15.9 Å². The number of benzene rings is 1. The topological polar surface area (TPSA) is 26.3 Å². The number of halogens is 1. The molecule has 1 heterocycles. The Balaban J connectivity index is 2.48. The van der Waals surface area contributed by atoms with Crippen molar-refractivity contribution in [1.29, 1.82) is 0 Å². The minimum atomic E-state index is 0.432. The number of aldehydes is 1. The van der Waals surface area contributed by atoms with Gasteiger partial charge in [-0.15, -0.1) is 0 Å². The van der Waals surface area contributed by atoms with Crippen LogP contribution in [0.5, 0.6) is 5.75 Å². The summed E-state index contributed by atoms with van der Waals surface area (Å²) in [5, 5.41) is 0. The third-order valence-corrected chi connectivity index (χ3v) is 2.59. The molecule has 2 rings (SSSR count). The third kappa shape index (κ3) is 1.61. The molecule has 0 N–H and O–H groups in total. The molecule has 0 atom stereocenters. The van der Waals surface area contributed by atoms with Gasteiger partial charge in [0.2, 0.25) is 0 Å². The molecule has 0 aliphatic carbocycles. The Kier molecular flexibility index (Phi) is 2.36. The monoisotopic (exact) mass is 240 g/mol. The summed E-state index contributed by atoms with van der Waals surface area (Å²) in [6.07, 6.45) is 2.28. The van der Waals surface area contributed by atoms with Gasteiger partial charge >= 0.3 is 0 Å². The summed E-state index contributed by atoms with van der Waals surface area (Å²) in [4.78, 5) is 10.4. The average Bonchev–Trinajstić information content (AvgIpc) is 2.52. The van der Waals surface area contributed by atoms with E-state index in [-0.39, 0.29) is 0 Å². The molecule has 1 aromatic carbocycles. The number of carbonyl (C=O) groups excluding carboxylic acids is 1. The van der Waals surface area contributed by atoms with E-state index < -0.39 is 0 Å². The fraction of sp³-hybridized carbons (Fsp3) is 0.300. The van der Waals surface area contributed by atoms with E-state index in [2.05, 4.69) is 22.0 Å². The van der Waals surface area contributed by atoms with E-state index in [1.807, 2.05) is 6.07 Å². The third-order valence-electron chi connectivity index (χ3n) is 2.13. The number of fused-ring (bicyclic) bond motifs is 1. The molecule has 3 heteroatoms. The summed E-state index contributed by atoms with van der Waals surface area (Å²) in [6, 6.07) is 4.00. The van der Waals surface area contributed by atoms with Crippen molar-refractivity contribution < 1.29 is 9.53 Å². The molecule has 13 heavy (non-hydrogen) atoms. The van der Waals surface area contributed by atoms with Crippen LogP contribution >= 0.6 is 15.9 Å². The van der Waals surface area contributed by atoms with Crippen molar-refractivity contribution in [2.45, 2.75) is 12.8 Å². The molecule has 0 bridgehead atoms. The number of ether oxygens (including phenoxy) is 1. The van der Waals surface area contributed by atoms with Crippen molar-refractivity contribution >= 4 is 22.2 Å². The minimum absolute atomic E-state index is 0.432. The molecule has 1 aliphatic rings. The summed E-state index contributed by atoms with van der Waals surface area (Å²) >= 11 is 3.41. The second-order valence-corrected chi connectivity index (χ2v) is 3.94. The molecule has 0 saturated carbocycles. The maximum absolute atomic E-state index is 10.4. The van der Waals surface area contributed by atoms with Crippen LogP contribution in [0.25, 0.3) is 0 Å². The molecule has 0 spiro atoms. The molecule has 0 saturated heterocycles. The molecular formula is C10H9BrO2. The Hall–Kier alpha value is -0.830. The zero-order valence-electron chi connectivity index (χ0n) is 7.05. The van der Waals surface area contributed by atoms with Crippen LogP contribution in [0, 0.1) is 0 Å². The maximum Gasteiger partial charge on any atom is 0.126 e. The van der Waals surface area contributed by atoms with Gasteiger partial charge in [0.05, 0.1) is 6.61 Å². The lowest BCUT2D eigenvalue weighted by molar-refractivity contribution is -0.107. The van der Waals surface area contributed by atoms with Gasteiger partial charge in [0.25, 0.3) is 0 Å². The number of hydrogen-bond acceptors (Lipinski definition) is 2. The molecule has 0 amide bonds. The Morgan fingerprint density at radius 2 is 2.38 bits per heavy atom. The summed E-state index contributed by atoms with van der Waals surface area (Å²) in [5.41, 5.74) is 2.18. The molecular weight excluding hydrogens is 232 g/mol. The molecule has 1 aliphatic heterocycles. The summed E-state index contributed by atoms with van der Waals surface area (Å²) < 4.78 is 6.48. The highest BCUT2D eigenvalue weighted by atomic mass is 79.9. The van der Waals surface area contributed by atoms with Crippen LogP contribution in [-0.2, 0) is 17.6 Å². The molecule has 0 radical (unpaired) electrons. The van der Waals surface area contributed by atoms with Crippen LogP contribution in [-0.4, -0.2) is 12.9 Å². The van der Waals surface area contributed by atoms with E-state index in [1.54, 1.807) is 0 Å². The highest BCUT2D eigenvalue weighted by Crippen LogP contribution is 2.32. The van der Waals surface area contributed by atoms with Gasteiger partial charge in [0.15, 0.2) is 0 Å². The molecule has 0 unspecified atom stereocenters. The van der Waals surface area contributed by atoms with E-state index in [4.69, 9.17) is 4.74 Å². The van der Waals surface area contributed by atoms with Crippen molar-refractivity contribution in [3.8, 4) is 5.75 Å². The van der Waals surface area contributed by atoms with E-state index in [0.29, 0.717) is 6.42 Å². The Labute approximate surface area is 85.0 Å². The first-order valence-electron chi connectivity index (χ1n) is 4.19. The van der Waals surface area contributed by atoms with Crippen LogP contribution in [0.15, 0.2) is 16.6 Å². The summed E-state index contributed by atoms with van der Waals surface area (Å²) in [7, 11) is 0. The normalized spacial score (nSPS) is 13.6. The predicted octanol–water partition coefficient (Wildman–Crippen LogP) is 2.13. The standard InChI is InChI=1S/C10H9BrO2/c11-9-5-7(1-3-12)10-8(6-9)2-4-13-10/h3,5-6H,1-2,4H2. The lowest BCUT2D eigenvalue weighted by Gasteiger charge is -2.05. The minimum Gasteiger partial charge on any atom is -0.493 e. The zero-order valence-corrected chi connectivity index (χ0v) is 8.63. The fourth-order valence-electron chi connectivity index (χ4n) is 1.59. The van der Waals surface area contributed by atoms with Crippen LogP contribution in [0.1, 0.15) is 11.1 Å². The molecule has 2 nitrogen and oxygen atoms in total. The average molecular weight is 241 g/mol. The van der Waals surface area contributed by atoms with Gasteiger partial charge in [-0.25, -0.2) is 0 Å². The molecule has 1 aromatic rings. The molecule has 0 aromatic heterocycles. The summed E-state index contributed by atoms with van der Waals surface area (Å²) in [6.45, 7) is 0.734. The second-order valence-electron chi connectivity index (χ2n) is 3.02. The highest BCUT2D eigenvalue weighted by molar-refractivity contribution is 9.10. The van der Waals surface area contributed by atoms with E-state index in [1.165, 1.54) is 5.56 Å². The molecule has 68 valence electrons. The van der Waals surface area contributed by atoms with Crippen LogP contribution in [0.3, 0.4) is 0 Å². The van der Waals surface area contributed by atoms with Crippen LogP contribution < -0.4 is 4.74 Å². The lowest BCUT2D eigenvalue weighted by atomic mass is 10.1. The number of rotatable bonds is 2. The van der Waals surface area contributed by atoms with E-state index in [0.717, 1.165) is 35.1 Å². The van der Waals surface area contributed by atoms with Crippen molar-refractivity contribution in [2.75, 3.05) is 6.61 Å². The van der Waals surface area contributed by atoms with Gasteiger partial charge < -0.3 is 9.53 Å².